The maximum atomic E-state index is 9.58. The first kappa shape index (κ1) is 11.6. The number of anilines is 1. The van der Waals surface area contributed by atoms with E-state index in [0.717, 1.165) is 25.2 Å². The number of halogens is 1. The maximum absolute atomic E-state index is 9.58. The molecule has 0 saturated carbocycles. The average molecular weight is 243 g/mol. The highest BCUT2D eigenvalue weighted by molar-refractivity contribution is 6.31. The van der Waals surface area contributed by atoms with E-state index in [2.05, 4.69) is 4.98 Å². The van der Waals surface area contributed by atoms with Gasteiger partial charge >= 0.3 is 0 Å². The van der Waals surface area contributed by atoms with E-state index >= 15 is 0 Å². The molecule has 1 aromatic rings. The summed E-state index contributed by atoms with van der Waals surface area (Å²) in [4.78, 5) is 6.30. The number of rotatable bonds is 2. The molecule has 0 aromatic carbocycles. The summed E-state index contributed by atoms with van der Waals surface area (Å²) in [5.74, 6) is 0.771. The van der Waals surface area contributed by atoms with Crippen LogP contribution in [0.5, 0.6) is 0 Å². The van der Waals surface area contributed by atoms with Crippen molar-refractivity contribution in [1.82, 2.24) is 4.98 Å². The summed E-state index contributed by atoms with van der Waals surface area (Å²) in [6.45, 7) is 1.32. The normalized spacial score (nSPS) is 21.2. The van der Waals surface area contributed by atoms with Crippen molar-refractivity contribution in [2.45, 2.75) is 25.6 Å². The van der Waals surface area contributed by atoms with E-state index in [1.54, 1.807) is 6.07 Å². The van der Waals surface area contributed by atoms with Crippen LogP contribution in [0.15, 0.2) is 12.1 Å². The first-order chi connectivity index (χ1) is 7.70. The monoisotopic (exact) mass is 242 g/mol. The smallest absolute Gasteiger partial charge is 0.129 e. The van der Waals surface area contributed by atoms with Crippen LogP contribution in [0.25, 0.3) is 0 Å². The summed E-state index contributed by atoms with van der Waals surface area (Å²) >= 11 is 5.87. The Morgan fingerprint density at radius 1 is 1.50 bits per heavy atom. The van der Waals surface area contributed by atoms with Crippen LogP contribution < -0.4 is 4.90 Å². The molecule has 2 N–H and O–H groups in total. The molecule has 16 heavy (non-hydrogen) atoms. The molecular formula is C11H15ClN2O2. The molecule has 88 valence electrons. The first-order valence-corrected chi connectivity index (χ1v) is 5.78. The molecule has 2 rings (SSSR count). The fourth-order valence-electron chi connectivity index (χ4n) is 1.92. The molecule has 1 fully saturated rings. The van der Waals surface area contributed by atoms with Gasteiger partial charge in [0.05, 0.1) is 23.4 Å². The molecule has 0 spiro atoms. The van der Waals surface area contributed by atoms with Gasteiger partial charge in [-0.25, -0.2) is 4.98 Å². The minimum absolute atomic E-state index is 0.164. The average Bonchev–Trinajstić information content (AvgIpc) is 2.29. The fourth-order valence-corrected chi connectivity index (χ4v) is 2.09. The van der Waals surface area contributed by atoms with Crippen LogP contribution in [0.4, 0.5) is 5.82 Å². The Balaban J connectivity index is 2.19. The summed E-state index contributed by atoms with van der Waals surface area (Å²) in [5.41, 5.74) is 0.485. The van der Waals surface area contributed by atoms with Gasteiger partial charge in [-0.3, -0.25) is 0 Å². The number of pyridine rings is 1. The fraction of sp³-hybridized carbons (Fsp3) is 0.545. The van der Waals surface area contributed by atoms with Crippen molar-refractivity contribution in [2.24, 2.45) is 0 Å². The van der Waals surface area contributed by atoms with Crippen LogP contribution in [0.1, 0.15) is 18.5 Å². The van der Waals surface area contributed by atoms with E-state index < -0.39 is 0 Å². The van der Waals surface area contributed by atoms with Crippen LogP contribution in [0, 0.1) is 0 Å². The Morgan fingerprint density at radius 3 is 3.00 bits per heavy atom. The number of piperidine rings is 1. The number of hydrogen-bond donors (Lipinski definition) is 2. The maximum Gasteiger partial charge on any atom is 0.129 e. The van der Waals surface area contributed by atoms with Gasteiger partial charge in [-0.05, 0) is 25.0 Å². The van der Waals surface area contributed by atoms with Gasteiger partial charge in [0.1, 0.15) is 5.82 Å². The van der Waals surface area contributed by atoms with Gasteiger partial charge in [0.25, 0.3) is 0 Å². The molecule has 1 atom stereocenters. The molecule has 0 radical (unpaired) electrons. The van der Waals surface area contributed by atoms with Gasteiger partial charge in [-0.1, -0.05) is 11.6 Å². The van der Waals surface area contributed by atoms with Crippen molar-refractivity contribution in [1.29, 1.82) is 0 Å². The van der Waals surface area contributed by atoms with Crippen LogP contribution in [0.3, 0.4) is 0 Å². The van der Waals surface area contributed by atoms with Gasteiger partial charge in [0.15, 0.2) is 0 Å². The predicted octanol–water partition coefficient (Wildman–Crippen LogP) is 1.19. The number of β-amino-alcohol motifs (C(OH)–C–C–N with tert-alkyl or cyclic N) is 1. The van der Waals surface area contributed by atoms with E-state index in [-0.39, 0.29) is 12.7 Å². The number of nitrogens with zero attached hydrogens (tertiary/aromatic N) is 2. The Labute approximate surface area is 99.5 Å². The minimum atomic E-state index is -0.288. The largest absolute Gasteiger partial charge is 0.391 e. The summed E-state index contributed by atoms with van der Waals surface area (Å²) in [5, 5.41) is 19.1. The molecule has 1 saturated heterocycles. The lowest BCUT2D eigenvalue weighted by Gasteiger charge is -2.31. The van der Waals surface area contributed by atoms with Crippen molar-refractivity contribution in [3.8, 4) is 0 Å². The molecular weight excluding hydrogens is 228 g/mol. The third-order valence-electron chi connectivity index (χ3n) is 2.77. The third kappa shape index (κ3) is 2.45. The Morgan fingerprint density at radius 2 is 2.31 bits per heavy atom. The molecule has 1 aliphatic rings. The van der Waals surface area contributed by atoms with Gasteiger partial charge in [0.2, 0.25) is 0 Å². The minimum Gasteiger partial charge on any atom is -0.391 e. The standard InChI is InChI=1S/C11H15ClN2O2/c12-9-3-4-11(13-10(9)7-15)14-5-1-2-8(16)6-14/h3-4,8,15-16H,1-2,5-7H2. The van der Waals surface area contributed by atoms with Crippen molar-refractivity contribution in [3.63, 3.8) is 0 Å². The number of aromatic nitrogens is 1. The second-order valence-electron chi connectivity index (χ2n) is 4.00. The van der Waals surface area contributed by atoms with Crippen molar-refractivity contribution >= 4 is 17.4 Å². The molecule has 1 unspecified atom stereocenters. The highest BCUT2D eigenvalue weighted by Gasteiger charge is 2.19. The zero-order valence-corrected chi connectivity index (χ0v) is 9.69. The Kier molecular flexibility index (Phi) is 3.63. The van der Waals surface area contributed by atoms with Crippen LogP contribution in [0.2, 0.25) is 5.02 Å². The molecule has 5 heteroatoms. The summed E-state index contributed by atoms with van der Waals surface area (Å²) in [6.07, 6.45) is 1.51. The van der Waals surface area contributed by atoms with Gasteiger partial charge in [-0.2, -0.15) is 0 Å². The van der Waals surface area contributed by atoms with Gasteiger partial charge in [-0.15, -0.1) is 0 Å². The van der Waals surface area contributed by atoms with Crippen molar-refractivity contribution in [2.75, 3.05) is 18.0 Å². The predicted molar refractivity (Wildman–Crippen MR) is 62.6 cm³/mol. The molecule has 0 aliphatic carbocycles. The van der Waals surface area contributed by atoms with E-state index in [4.69, 9.17) is 16.7 Å². The lowest BCUT2D eigenvalue weighted by Crippen LogP contribution is -2.38. The highest BCUT2D eigenvalue weighted by atomic mass is 35.5. The van der Waals surface area contributed by atoms with E-state index in [9.17, 15) is 5.11 Å². The van der Waals surface area contributed by atoms with Crippen molar-refractivity contribution in [3.05, 3.63) is 22.8 Å². The van der Waals surface area contributed by atoms with Gasteiger partial charge < -0.3 is 15.1 Å². The molecule has 0 bridgehead atoms. The second-order valence-corrected chi connectivity index (χ2v) is 4.41. The third-order valence-corrected chi connectivity index (χ3v) is 3.12. The highest BCUT2D eigenvalue weighted by Crippen LogP contribution is 2.22. The van der Waals surface area contributed by atoms with Gasteiger partial charge in [0, 0.05) is 13.1 Å². The lowest BCUT2D eigenvalue weighted by molar-refractivity contribution is 0.154. The lowest BCUT2D eigenvalue weighted by atomic mass is 10.1. The first-order valence-electron chi connectivity index (χ1n) is 5.40. The van der Waals surface area contributed by atoms with E-state index in [1.165, 1.54) is 0 Å². The Bertz CT molecular complexity index is 373. The van der Waals surface area contributed by atoms with Crippen LogP contribution in [-0.4, -0.2) is 34.4 Å². The molecule has 2 heterocycles. The Hall–Kier alpha value is -0.840. The summed E-state index contributed by atoms with van der Waals surface area (Å²) in [7, 11) is 0. The number of hydrogen-bond acceptors (Lipinski definition) is 4. The molecule has 0 amide bonds. The number of aliphatic hydroxyl groups is 2. The quantitative estimate of drug-likeness (QED) is 0.818. The zero-order chi connectivity index (χ0) is 11.5. The molecule has 4 nitrogen and oxygen atoms in total. The molecule has 1 aliphatic heterocycles. The van der Waals surface area contributed by atoms with Crippen LogP contribution >= 0.6 is 11.6 Å². The van der Waals surface area contributed by atoms with Crippen molar-refractivity contribution < 1.29 is 10.2 Å². The topological polar surface area (TPSA) is 56.6 Å². The SMILES string of the molecule is OCc1nc(N2CCCC(O)C2)ccc1Cl. The zero-order valence-electron chi connectivity index (χ0n) is 8.93. The van der Waals surface area contributed by atoms with E-state index in [0.29, 0.717) is 17.3 Å². The summed E-state index contributed by atoms with van der Waals surface area (Å²) < 4.78 is 0. The molecule has 1 aromatic heterocycles. The summed E-state index contributed by atoms with van der Waals surface area (Å²) in [6, 6.07) is 3.55. The van der Waals surface area contributed by atoms with Crippen LogP contribution in [-0.2, 0) is 6.61 Å². The van der Waals surface area contributed by atoms with E-state index in [1.807, 2.05) is 11.0 Å². The number of aliphatic hydroxyl groups excluding tert-OH is 2. The second kappa shape index (κ2) is 4.99.